The van der Waals surface area contributed by atoms with Gasteiger partial charge in [0.1, 0.15) is 11.9 Å². The standard InChI is InChI=1S/C17H17FN2/c1-12-8-9-14(11-19)17(10-12)20(3)13(2)15-6-4-5-7-16(15)18/h4-10,13H,1-3H3. The second-order valence-electron chi connectivity index (χ2n) is 4.94. The average molecular weight is 268 g/mol. The highest BCUT2D eigenvalue weighted by molar-refractivity contribution is 5.61. The fourth-order valence-electron chi connectivity index (χ4n) is 2.26. The Balaban J connectivity index is 2.42. The molecule has 0 amide bonds. The molecule has 20 heavy (non-hydrogen) atoms. The van der Waals surface area contributed by atoms with Gasteiger partial charge in [-0.05, 0) is 37.6 Å². The summed E-state index contributed by atoms with van der Waals surface area (Å²) < 4.78 is 13.9. The first kappa shape index (κ1) is 14.1. The van der Waals surface area contributed by atoms with Gasteiger partial charge in [-0.1, -0.05) is 24.3 Å². The third-order valence-electron chi connectivity index (χ3n) is 3.59. The second-order valence-corrected chi connectivity index (χ2v) is 4.94. The largest absolute Gasteiger partial charge is 0.367 e. The number of benzene rings is 2. The quantitative estimate of drug-likeness (QED) is 0.834. The van der Waals surface area contributed by atoms with E-state index in [-0.39, 0.29) is 11.9 Å². The van der Waals surface area contributed by atoms with Crippen molar-refractivity contribution in [2.75, 3.05) is 11.9 Å². The van der Waals surface area contributed by atoms with Crippen LogP contribution in [0.25, 0.3) is 0 Å². The molecule has 1 atom stereocenters. The molecule has 0 aromatic heterocycles. The van der Waals surface area contributed by atoms with Crippen molar-refractivity contribution in [2.24, 2.45) is 0 Å². The van der Waals surface area contributed by atoms with Crippen LogP contribution in [-0.4, -0.2) is 7.05 Å². The van der Waals surface area contributed by atoms with Crippen LogP contribution in [0.15, 0.2) is 42.5 Å². The summed E-state index contributed by atoms with van der Waals surface area (Å²) in [6, 6.07) is 14.4. The van der Waals surface area contributed by atoms with Gasteiger partial charge in [-0.15, -0.1) is 0 Å². The number of hydrogen-bond donors (Lipinski definition) is 0. The molecule has 0 fully saturated rings. The normalized spacial score (nSPS) is 11.8. The Morgan fingerprint density at radius 1 is 1.20 bits per heavy atom. The maximum Gasteiger partial charge on any atom is 0.128 e. The van der Waals surface area contributed by atoms with E-state index in [1.807, 2.05) is 44.0 Å². The summed E-state index contributed by atoms with van der Waals surface area (Å²) in [4.78, 5) is 1.93. The van der Waals surface area contributed by atoms with Crippen LogP contribution in [0.3, 0.4) is 0 Å². The number of nitrogens with zero attached hydrogens (tertiary/aromatic N) is 2. The Bertz CT molecular complexity index is 658. The molecule has 1 unspecified atom stereocenters. The summed E-state index contributed by atoms with van der Waals surface area (Å²) >= 11 is 0. The predicted octanol–water partition coefficient (Wildman–Crippen LogP) is 4.20. The highest BCUT2D eigenvalue weighted by Gasteiger charge is 2.18. The van der Waals surface area contributed by atoms with Crippen LogP contribution in [0, 0.1) is 24.1 Å². The van der Waals surface area contributed by atoms with Gasteiger partial charge in [0, 0.05) is 12.6 Å². The number of nitriles is 1. The Morgan fingerprint density at radius 2 is 1.90 bits per heavy atom. The molecule has 3 heteroatoms. The molecule has 0 aliphatic heterocycles. The van der Waals surface area contributed by atoms with Crippen molar-refractivity contribution < 1.29 is 4.39 Å². The maximum absolute atomic E-state index is 13.9. The summed E-state index contributed by atoms with van der Waals surface area (Å²) in [6.45, 7) is 3.91. The molecule has 0 bridgehead atoms. The molecule has 0 heterocycles. The number of hydrogen-bond acceptors (Lipinski definition) is 2. The molecule has 0 saturated carbocycles. The topological polar surface area (TPSA) is 27.0 Å². The highest BCUT2D eigenvalue weighted by atomic mass is 19.1. The van der Waals surface area contributed by atoms with E-state index in [4.69, 9.17) is 0 Å². The number of anilines is 1. The van der Waals surface area contributed by atoms with Gasteiger partial charge in [-0.2, -0.15) is 5.26 Å². The third-order valence-corrected chi connectivity index (χ3v) is 3.59. The van der Waals surface area contributed by atoms with E-state index in [0.717, 1.165) is 11.3 Å². The molecule has 0 aliphatic carbocycles. The van der Waals surface area contributed by atoms with E-state index in [1.54, 1.807) is 18.2 Å². The van der Waals surface area contributed by atoms with Crippen LogP contribution < -0.4 is 4.90 Å². The number of aryl methyl sites for hydroxylation is 1. The van der Waals surface area contributed by atoms with Crippen LogP contribution in [-0.2, 0) is 0 Å². The first-order valence-corrected chi connectivity index (χ1v) is 6.52. The van der Waals surface area contributed by atoms with E-state index < -0.39 is 0 Å². The molecule has 0 saturated heterocycles. The molecule has 2 aromatic carbocycles. The summed E-state index contributed by atoms with van der Waals surface area (Å²) in [6.07, 6.45) is 0. The smallest absolute Gasteiger partial charge is 0.128 e. The zero-order chi connectivity index (χ0) is 14.7. The fourth-order valence-corrected chi connectivity index (χ4v) is 2.26. The Morgan fingerprint density at radius 3 is 2.55 bits per heavy atom. The minimum Gasteiger partial charge on any atom is -0.367 e. The van der Waals surface area contributed by atoms with Crippen LogP contribution in [0.4, 0.5) is 10.1 Å². The van der Waals surface area contributed by atoms with Crippen molar-refractivity contribution in [3.8, 4) is 6.07 Å². The lowest BCUT2D eigenvalue weighted by atomic mass is 10.0. The SMILES string of the molecule is Cc1ccc(C#N)c(N(C)C(C)c2ccccc2F)c1. The lowest BCUT2D eigenvalue weighted by Crippen LogP contribution is -2.23. The van der Waals surface area contributed by atoms with Crippen molar-refractivity contribution in [1.29, 1.82) is 5.26 Å². The Hall–Kier alpha value is -2.34. The fraction of sp³-hybridized carbons (Fsp3) is 0.235. The molecule has 2 rings (SSSR count). The van der Waals surface area contributed by atoms with Crippen molar-refractivity contribution in [3.05, 3.63) is 65.0 Å². The summed E-state index contributed by atoms with van der Waals surface area (Å²) in [7, 11) is 1.88. The molecule has 0 N–H and O–H groups in total. The van der Waals surface area contributed by atoms with Crippen molar-refractivity contribution in [2.45, 2.75) is 19.9 Å². The van der Waals surface area contributed by atoms with Gasteiger partial charge in [0.05, 0.1) is 17.3 Å². The van der Waals surface area contributed by atoms with Crippen LogP contribution in [0.5, 0.6) is 0 Å². The predicted molar refractivity (Wildman–Crippen MR) is 79.1 cm³/mol. The zero-order valence-electron chi connectivity index (χ0n) is 11.9. The first-order valence-electron chi connectivity index (χ1n) is 6.52. The molecule has 0 aliphatic rings. The lowest BCUT2D eigenvalue weighted by molar-refractivity contribution is 0.585. The first-order chi connectivity index (χ1) is 9.54. The van der Waals surface area contributed by atoms with Gasteiger partial charge in [0.15, 0.2) is 0 Å². The zero-order valence-corrected chi connectivity index (χ0v) is 11.9. The number of rotatable bonds is 3. The van der Waals surface area contributed by atoms with E-state index in [2.05, 4.69) is 6.07 Å². The van der Waals surface area contributed by atoms with Gasteiger partial charge in [-0.25, -0.2) is 4.39 Å². The van der Waals surface area contributed by atoms with Crippen molar-refractivity contribution in [1.82, 2.24) is 0 Å². The molecule has 2 aromatic rings. The molecule has 0 radical (unpaired) electrons. The molecular formula is C17H17FN2. The van der Waals surface area contributed by atoms with Crippen LogP contribution >= 0.6 is 0 Å². The van der Waals surface area contributed by atoms with Crippen molar-refractivity contribution in [3.63, 3.8) is 0 Å². The molecular weight excluding hydrogens is 251 g/mol. The Labute approximate surface area is 119 Å². The maximum atomic E-state index is 13.9. The average Bonchev–Trinajstić information content (AvgIpc) is 2.46. The van der Waals surface area contributed by atoms with E-state index in [1.165, 1.54) is 6.07 Å². The monoisotopic (exact) mass is 268 g/mol. The van der Waals surface area contributed by atoms with Gasteiger partial charge >= 0.3 is 0 Å². The molecule has 102 valence electrons. The van der Waals surface area contributed by atoms with Gasteiger partial charge < -0.3 is 4.90 Å². The minimum atomic E-state index is -0.224. The lowest BCUT2D eigenvalue weighted by Gasteiger charge is -2.28. The van der Waals surface area contributed by atoms with E-state index >= 15 is 0 Å². The second kappa shape index (κ2) is 5.75. The molecule has 0 spiro atoms. The van der Waals surface area contributed by atoms with Crippen molar-refractivity contribution >= 4 is 5.69 Å². The third kappa shape index (κ3) is 2.65. The van der Waals surface area contributed by atoms with Gasteiger partial charge in [-0.3, -0.25) is 0 Å². The number of halogens is 1. The highest BCUT2D eigenvalue weighted by Crippen LogP contribution is 2.29. The molecule has 2 nitrogen and oxygen atoms in total. The Kier molecular flexibility index (Phi) is 4.05. The van der Waals surface area contributed by atoms with E-state index in [9.17, 15) is 9.65 Å². The van der Waals surface area contributed by atoms with Crippen LogP contribution in [0.2, 0.25) is 0 Å². The summed E-state index contributed by atoms with van der Waals surface area (Å²) in [5, 5.41) is 9.21. The van der Waals surface area contributed by atoms with Gasteiger partial charge in [0.2, 0.25) is 0 Å². The van der Waals surface area contributed by atoms with E-state index in [0.29, 0.717) is 11.1 Å². The van der Waals surface area contributed by atoms with Gasteiger partial charge in [0.25, 0.3) is 0 Å². The minimum absolute atomic E-state index is 0.148. The van der Waals surface area contributed by atoms with Crippen LogP contribution in [0.1, 0.15) is 29.7 Å². The summed E-state index contributed by atoms with van der Waals surface area (Å²) in [5.74, 6) is -0.224. The summed E-state index contributed by atoms with van der Waals surface area (Å²) in [5.41, 5.74) is 3.12.